The van der Waals surface area contributed by atoms with E-state index in [1.807, 2.05) is 0 Å². The van der Waals surface area contributed by atoms with Gasteiger partial charge in [-0.3, -0.25) is 0 Å². The van der Waals surface area contributed by atoms with E-state index in [-0.39, 0.29) is 10.5 Å². The molecule has 0 unspecified atom stereocenters. The zero-order valence-corrected chi connectivity index (χ0v) is 15.8. The largest absolute Gasteiger partial charge is 0.496 e. The van der Waals surface area contributed by atoms with E-state index in [0.29, 0.717) is 21.1 Å². The summed E-state index contributed by atoms with van der Waals surface area (Å²) >= 11 is 3.29. The Hall–Kier alpha value is -2.32. The van der Waals surface area contributed by atoms with Crippen LogP contribution >= 0.6 is 15.9 Å². The summed E-state index contributed by atoms with van der Waals surface area (Å²) in [6.45, 7) is 0. The third-order valence-corrected chi connectivity index (χ3v) is 6.05. The van der Waals surface area contributed by atoms with Gasteiger partial charge in [0, 0.05) is 11.6 Å². The average Bonchev–Trinajstić information content (AvgIpc) is 3.01. The highest BCUT2D eigenvalue weighted by Crippen LogP contribution is 2.31. The fourth-order valence-corrected chi connectivity index (χ4v) is 4.63. The highest BCUT2D eigenvalue weighted by molar-refractivity contribution is 9.10. The van der Waals surface area contributed by atoms with Crippen LogP contribution in [0.5, 0.6) is 5.75 Å². The molecule has 130 valence electrons. The van der Waals surface area contributed by atoms with E-state index in [1.54, 1.807) is 30.3 Å². The van der Waals surface area contributed by atoms with Gasteiger partial charge >= 0.3 is 5.97 Å². The number of fused-ring (bicyclic) bond motifs is 1. The molecule has 0 spiro atoms. The summed E-state index contributed by atoms with van der Waals surface area (Å²) in [6.07, 6.45) is 1.28. The highest BCUT2D eigenvalue weighted by atomic mass is 79.9. The molecule has 6 nitrogen and oxygen atoms in total. The maximum atomic E-state index is 13.1. The lowest BCUT2D eigenvalue weighted by Gasteiger charge is -2.09. The molecule has 0 saturated heterocycles. The molecule has 0 fully saturated rings. The minimum absolute atomic E-state index is 0.0670. The number of para-hydroxylation sites is 1. The van der Waals surface area contributed by atoms with Crippen LogP contribution in [0.25, 0.3) is 10.9 Å². The molecule has 25 heavy (non-hydrogen) atoms. The first-order valence-corrected chi connectivity index (χ1v) is 9.41. The van der Waals surface area contributed by atoms with Crippen molar-refractivity contribution in [2.24, 2.45) is 0 Å². The maximum Gasteiger partial charge on any atom is 0.340 e. The summed E-state index contributed by atoms with van der Waals surface area (Å²) in [7, 11) is -1.16. The van der Waals surface area contributed by atoms with Gasteiger partial charge in [0.2, 0.25) is 0 Å². The van der Waals surface area contributed by atoms with E-state index in [9.17, 15) is 13.2 Å². The van der Waals surface area contributed by atoms with Crippen molar-refractivity contribution in [1.82, 2.24) is 3.97 Å². The van der Waals surface area contributed by atoms with E-state index in [4.69, 9.17) is 9.47 Å². The molecule has 3 aromatic rings. The van der Waals surface area contributed by atoms with Gasteiger partial charge in [-0.25, -0.2) is 17.2 Å². The van der Waals surface area contributed by atoms with Crippen molar-refractivity contribution in [3.63, 3.8) is 0 Å². The number of esters is 1. The molecule has 0 bridgehead atoms. The molecule has 1 heterocycles. The summed E-state index contributed by atoms with van der Waals surface area (Å²) in [4.78, 5) is 12.1. The summed E-state index contributed by atoms with van der Waals surface area (Å²) in [5.74, 6) is -0.0763. The monoisotopic (exact) mass is 423 g/mol. The standard InChI is InChI=1S/C17H14BrNO5S/c1-23-16-8-7-11(9-14(16)18)25(21,22)19-10-13(17(20)24-2)12-5-3-4-6-15(12)19/h3-10H,1-2H3. The molecule has 0 N–H and O–H groups in total. The van der Waals surface area contributed by atoms with E-state index >= 15 is 0 Å². The van der Waals surface area contributed by atoms with E-state index in [2.05, 4.69) is 15.9 Å². The molecule has 1 aromatic heterocycles. The van der Waals surface area contributed by atoms with Gasteiger partial charge in [0.05, 0.1) is 34.7 Å². The number of methoxy groups -OCH3 is 2. The van der Waals surface area contributed by atoms with Crippen molar-refractivity contribution < 1.29 is 22.7 Å². The van der Waals surface area contributed by atoms with Gasteiger partial charge in [-0.05, 0) is 40.2 Å². The molecule has 0 aliphatic heterocycles. The second-order valence-electron chi connectivity index (χ2n) is 5.15. The van der Waals surface area contributed by atoms with Gasteiger partial charge < -0.3 is 9.47 Å². The van der Waals surface area contributed by atoms with Crippen molar-refractivity contribution in [3.8, 4) is 5.75 Å². The number of nitrogens with zero attached hydrogens (tertiary/aromatic N) is 1. The quantitative estimate of drug-likeness (QED) is 0.600. The topological polar surface area (TPSA) is 74.6 Å². The van der Waals surface area contributed by atoms with E-state index in [1.165, 1.54) is 32.5 Å². The SMILES string of the molecule is COC(=O)c1cn(S(=O)(=O)c2ccc(OC)c(Br)c2)c2ccccc12. The van der Waals surface area contributed by atoms with Crippen LogP contribution in [0.3, 0.4) is 0 Å². The normalized spacial score (nSPS) is 11.5. The van der Waals surface area contributed by atoms with Crippen molar-refractivity contribution in [2.45, 2.75) is 4.90 Å². The molecule has 0 atom stereocenters. The molecule has 0 aliphatic rings. The molecule has 2 aromatic carbocycles. The highest BCUT2D eigenvalue weighted by Gasteiger charge is 2.24. The minimum atomic E-state index is -3.91. The van der Waals surface area contributed by atoms with Gasteiger partial charge in [-0.15, -0.1) is 0 Å². The van der Waals surface area contributed by atoms with Gasteiger partial charge in [0.15, 0.2) is 0 Å². The van der Waals surface area contributed by atoms with Crippen LogP contribution in [0.1, 0.15) is 10.4 Å². The van der Waals surface area contributed by atoms with E-state index < -0.39 is 16.0 Å². The third kappa shape index (κ3) is 2.91. The third-order valence-electron chi connectivity index (χ3n) is 3.76. The van der Waals surface area contributed by atoms with Gasteiger partial charge in [-0.2, -0.15) is 0 Å². The van der Waals surface area contributed by atoms with Crippen LogP contribution in [-0.2, 0) is 14.8 Å². The van der Waals surface area contributed by atoms with Gasteiger partial charge in [0.1, 0.15) is 5.75 Å². The Bertz CT molecular complexity index is 1070. The van der Waals surface area contributed by atoms with Crippen molar-refractivity contribution in [1.29, 1.82) is 0 Å². The Morgan fingerprint density at radius 1 is 1.12 bits per heavy atom. The molecular formula is C17H14BrNO5S. The van der Waals surface area contributed by atoms with Gasteiger partial charge in [-0.1, -0.05) is 18.2 Å². The maximum absolute atomic E-state index is 13.1. The van der Waals surface area contributed by atoms with Crippen molar-refractivity contribution >= 4 is 42.8 Å². The Kier molecular flexibility index (Phi) is 4.57. The summed E-state index contributed by atoms with van der Waals surface area (Å²) in [5, 5.41) is 0.505. The predicted molar refractivity (Wildman–Crippen MR) is 96.6 cm³/mol. The fourth-order valence-electron chi connectivity index (χ4n) is 2.54. The van der Waals surface area contributed by atoms with E-state index in [0.717, 1.165) is 3.97 Å². The smallest absolute Gasteiger partial charge is 0.340 e. The van der Waals surface area contributed by atoms with Crippen LogP contribution in [-0.4, -0.2) is 32.6 Å². The Morgan fingerprint density at radius 2 is 1.84 bits per heavy atom. The first kappa shape index (κ1) is 17.5. The molecular weight excluding hydrogens is 410 g/mol. The number of aromatic nitrogens is 1. The predicted octanol–water partition coefficient (Wildman–Crippen LogP) is 3.44. The van der Waals surface area contributed by atoms with Gasteiger partial charge in [0.25, 0.3) is 10.0 Å². The summed E-state index contributed by atoms with van der Waals surface area (Å²) in [5.41, 5.74) is 0.587. The molecule has 8 heteroatoms. The van der Waals surface area contributed by atoms with Crippen LogP contribution in [0, 0.1) is 0 Å². The Balaban J connectivity index is 2.25. The zero-order chi connectivity index (χ0) is 18.2. The molecule has 3 rings (SSSR count). The minimum Gasteiger partial charge on any atom is -0.496 e. The Labute approximate surface area is 153 Å². The number of benzene rings is 2. The van der Waals surface area contributed by atoms with Crippen LogP contribution in [0.15, 0.2) is 58.0 Å². The number of rotatable bonds is 4. The number of carbonyl (C=O) groups excluding carboxylic acids is 1. The lowest BCUT2D eigenvalue weighted by atomic mass is 10.2. The van der Waals surface area contributed by atoms with Crippen LogP contribution < -0.4 is 4.74 Å². The van der Waals surface area contributed by atoms with Crippen molar-refractivity contribution in [3.05, 3.63) is 58.7 Å². The first-order valence-electron chi connectivity index (χ1n) is 7.17. The lowest BCUT2D eigenvalue weighted by molar-refractivity contribution is 0.0603. The second kappa shape index (κ2) is 6.53. The molecule has 0 saturated carbocycles. The fraction of sp³-hybridized carbons (Fsp3) is 0.118. The zero-order valence-electron chi connectivity index (χ0n) is 13.4. The van der Waals surface area contributed by atoms with Crippen molar-refractivity contribution in [2.75, 3.05) is 14.2 Å². The number of ether oxygens (including phenoxy) is 2. The first-order chi connectivity index (χ1) is 11.9. The second-order valence-corrected chi connectivity index (χ2v) is 7.82. The number of hydrogen-bond acceptors (Lipinski definition) is 5. The molecule has 0 radical (unpaired) electrons. The lowest BCUT2D eigenvalue weighted by Crippen LogP contribution is -2.12. The molecule has 0 aliphatic carbocycles. The number of halogens is 1. The Morgan fingerprint density at radius 3 is 2.48 bits per heavy atom. The van der Waals surface area contributed by atoms with Crippen LogP contribution in [0.2, 0.25) is 0 Å². The van der Waals surface area contributed by atoms with Crippen LogP contribution in [0.4, 0.5) is 0 Å². The molecule has 0 amide bonds. The summed E-state index contributed by atoms with van der Waals surface area (Å²) in [6, 6.07) is 11.2. The average molecular weight is 424 g/mol. The number of carbonyl (C=O) groups is 1. The number of hydrogen-bond donors (Lipinski definition) is 0. The summed E-state index contributed by atoms with van der Waals surface area (Å²) < 4.78 is 37.6.